The Bertz CT molecular complexity index is 1680. The van der Waals surface area contributed by atoms with Gasteiger partial charge < -0.3 is 19.1 Å². The topological polar surface area (TPSA) is 47.9 Å². The lowest BCUT2D eigenvalue weighted by Crippen LogP contribution is -2.28. The summed E-state index contributed by atoms with van der Waals surface area (Å²) in [6, 6.07) is 44.7. The zero-order valence-corrected chi connectivity index (χ0v) is 32.0. The molecule has 1 aliphatic carbocycles. The molecule has 5 aromatic rings. The molecule has 0 heterocycles. The second kappa shape index (κ2) is 18.3. The van der Waals surface area contributed by atoms with Gasteiger partial charge in [-0.05, 0) is 63.6 Å². The van der Waals surface area contributed by atoms with Crippen LogP contribution in [0.15, 0.2) is 127 Å². The van der Waals surface area contributed by atoms with E-state index < -0.39 is 13.6 Å². The minimum Gasteiger partial charge on any atom is -0.491 e. The molecule has 264 valence electrons. The molecule has 1 unspecified atom stereocenters. The second-order valence-electron chi connectivity index (χ2n) is 13.7. The van der Waals surface area contributed by atoms with Crippen molar-refractivity contribution in [3.63, 3.8) is 0 Å². The maximum Gasteiger partial charge on any atom is 0.119 e. The summed E-state index contributed by atoms with van der Waals surface area (Å²) < 4.78 is 18.3. The summed E-state index contributed by atoms with van der Waals surface area (Å²) in [5, 5.41) is 10.5. The first kappa shape index (κ1) is 38.8. The van der Waals surface area contributed by atoms with Gasteiger partial charge in [-0.25, -0.2) is 0 Å². The Kier molecular flexibility index (Phi) is 14.2. The molecule has 50 heavy (non-hydrogen) atoms. The number of rotatable bonds is 11. The van der Waals surface area contributed by atoms with Crippen molar-refractivity contribution in [2.75, 3.05) is 26.4 Å². The average Bonchev–Trinajstić information content (AvgIpc) is 3.43. The van der Waals surface area contributed by atoms with E-state index in [0.29, 0.717) is 13.2 Å². The summed E-state index contributed by atoms with van der Waals surface area (Å²) in [5.41, 5.74) is 6.83. The number of aliphatic hydroxyl groups excluding tert-OH is 1. The maximum atomic E-state index is 9.22. The van der Waals surface area contributed by atoms with Gasteiger partial charge in [0.25, 0.3) is 0 Å². The Hall–Kier alpha value is -3.95. The van der Waals surface area contributed by atoms with Crippen molar-refractivity contribution < 1.29 is 19.1 Å². The first-order chi connectivity index (χ1) is 24.2. The largest absolute Gasteiger partial charge is 0.491 e. The van der Waals surface area contributed by atoms with Crippen LogP contribution < -0.4 is 14.8 Å². The van der Waals surface area contributed by atoms with Crippen molar-refractivity contribution in [1.29, 1.82) is 0 Å². The standard InChI is InChI=1S/C39H39O4P.C4H10.C2H6/c1-38(2,3)44(33-11-5-4-6-12-33)43-28-27-42-32-23-19-30(20-24-32)39(29-17-21-31(22-18-29)41-26-25-40)36-15-9-7-13-34(36)35-14-8-10-16-37(35)39;1-4(2)3;1-2/h4-24,40H,25-28H2,1-3H3;4H,1-3H3;1-2H3. The molecule has 5 aromatic carbocycles. The van der Waals surface area contributed by atoms with Gasteiger partial charge in [0.1, 0.15) is 24.7 Å². The normalized spacial score (nSPS) is 13.2. The fraction of sp³-hybridized carbons (Fsp3) is 0.333. The summed E-state index contributed by atoms with van der Waals surface area (Å²) in [5.74, 6) is 2.39. The van der Waals surface area contributed by atoms with Gasteiger partial charge in [0.15, 0.2) is 0 Å². The highest BCUT2D eigenvalue weighted by Gasteiger charge is 2.45. The molecule has 4 nitrogen and oxygen atoms in total. The van der Waals surface area contributed by atoms with Crippen LogP contribution >= 0.6 is 8.15 Å². The number of aliphatic hydroxyl groups is 1. The van der Waals surface area contributed by atoms with Gasteiger partial charge in [0, 0.05) is 10.5 Å². The average molecular weight is 691 g/mol. The van der Waals surface area contributed by atoms with Crippen LogP contribution in [0.4, 0.5) is 0 Å². The first-order valence-corrected chi connectivity index (χ1v) is 19.2. The number of hydrogen-bond acceptors (Lipinski definition) is 4. The number of hydrogen-bond donors (Lipinski definition) is 1. The molecule has 0 saturated carbocycles. The van der Waals surface area contributed by atoms with Crippen molar-refractivity contribution in [3.05, 3.63) is 150 Å². The quantitative estimate of drug-likeness (QED) is 0.109. The predicted molar refractivity (Wildman–Crippen MR) is 212 cm³/mol. The summed E-state index contributed by atoms with van der Waals surface area (Å²) in [4.78, 5) is 0. The van der Waals surface area contributed by atoms with Crippen molar-refractivity contribution in [1.82, 2.24) is 0 Å². The molecule has 0 spiro atoms. The van der Waals surface area contributed by atoms with E-state index in [2.05, 4.69) is 151 Å². The highest BCUT2D eigenvalue weighted by atomic mass is 31.1. The zero-order chi connectivity index (χ0) is 36.1. The SMILES string of the molecule is CC.CC(C)(C)P(OCCOc1ccc(C2(c3ccc(OCCO)cc3)c3ccccc3-c3ccccc32)cc1)c1ccccc1.CC(C)C. The fourth-order valence-corrected chi connectivity index (χ4v) is 8.31. The molecule has 0 aromatic heterocycles. The molecule has 1 aliphatic rings. The molecular formula is C45H55O4P. The Balaban J connectivity index is 0.000000875. The van der Waals surface area contributed by atoms with E-state index >= 15 is 0 Å². The lowest BCUT2D eigenvalue weighted by molar-refractivity contribution is 0.201. The zero-order valence-electron chi connectivity index (χ0n) is 31.1. The van der Waals surface area contributed by atoms with E-state index in [1.807, 2.05) is 32.0 Å². The van der Waals surface area contributed by atoms with Gasteiger partial charge >= 0.3 is 0 Å². The van der Waals surface area contributed by atoms with Crippen molar-refractivity contribution >= 4 is 13.5 Å². The summed E-state index contributed by atoms with van der Waals surface area (Å²) in [7, 11) is -0.778. The van der Waals surface area contributed by atoms with Gasteiger partial charge in [-0.3, -0.25) is 0 Å². The van der Waals surface area contributed by atoms with Crippen LogP contribution in [-0.4, -0.2) is 36.7 Å². The number of benzene rings is 5. The number of fused-ring (bicyclic) bond motifs is 3. The van der Waals surface area contributed by atoms with Crippen LogP contribution in [0.2, 0.25) is 0 Å². The van der Waals surface area contributed by atoms with E-state index in [1.54, 1.807) is 0 Å². The van der Waals surface area contributed by atoms with Crippen molar-refractivity contribution in [2.45, 2.75) is 66.0 Å². The third-order valence-electron chi connectivity index (χ3n) is 8.06. The van der Waals surface area contributed by atoms with Gasteiger partial charge in [-0.1, -0.05) is 159 Å². The molecule has 1 atom stereocenters. The van der Waals surface area contributed by atoms with E-state index in [4.69, 9.17) is 14.0 Å². The molecular weight excluding hydrogens is 635 g/mol. The van der Waals surface area contributed by atoms with Gasteiger partial charge in [0.2, 0.25) is 0 Å². The van der Waals surface area contributed by atoms with Gasteiger partial charge in [-0.2, -0.15) is 0 Å². The Morgan fingerprint density at radius 1 is 0.580 bits per heavy atom. The fourth-order valence-electron chi connectivity index (χ4n) is 6.30. The third-order valence-corrected chi connectivity index (χ3v) is 10.5. The molecule has 5 heteroatoms. The van der Waals surface area contributed by atoms with Crippen LogP contribution in [0.1, 0.15) is 77.6 Å². The molecule has 0 aliphatic heterocycles. The summed E-state index contributed by atoms with van der Waals surface area (Å²) >= 11 is 0. The van der Waals surface area contributed by atoms with E-state index in [1.165, 1.54) is 33.1 Å². The lowest BCUT2D eigenvalue weighted by Gasteiger charge is -2.34. The number of ether oxygens (including phenoxy) is 2. The van der Waals surface area contributed by atoms with Gasteiger partial charge in [-0.15, -0.1) is 0 Å². The van der Waals surface area contributed by atoms with Crippen molar-refractivity contribution in [2.24, 2.45) is 5.92 Å². The predicted octanol–water partition coefficient (Wildman–Crippen LogP) is 11.0. The Morgan fingerprint density at radius 3 is 1.44 bits per heavy atom. The lowest BCUT2D eigenvalue weighted by atomic mass is 9.68. The molecule has 0 radical (unpaired) electrons. The third kappa shape index (κ3) is 9.04. The highest BCUT2D eigenvalue weighted by molar-refractivity contribution is 7.62. The highest BCUT2D eigenvalue weighted by Crippen LogP contribution is 2.56. The Labute approximate surface area is 302 Å². The van der Waals surface area contributed by atoms with Crippen LogP contribution in [-0.2, 0) is 9.94 Å². The summed E-state index contributed by atoms with van der Waals surface area (Å²) in [6.07, 6.45) is 0. The molecule has 6 rings (SSSR count). The van der Waals surface area contributed by atoms with Crippen molar-refractivity contribution in [3.8, 4) is 22.6 Å². The molecule has 0 saturated heterocycles. The molecule has 0 bridgehead atoms. The second-order valence-corrected chi connectivity index (χ2v) is 16.4. The van der Waals surface area contributed by atoms with Crippen LogP contribution in [0.25, 0.3) is 11.1 Å². The Morgan fingerprint density at radius 2 is 1.00 bits per heavy atom. The summed E-state index contributed by atoms with van der Waals surface area (Å²) in [6.45, 7) is 18.5. The minimum atomic E-state index is -0.778. The smallest absolute Gasteiger partial charge is 0.119 e. The van der Waals surface area contributed by atoms with Gasteiger partial charge in [0.05, 0.1) is 26.8 Å². The maximum absolute atomic E-state index is 9.22. The molecule has 0 amide bonds. The van der Waals surface area contributed by atoms with E-state index in [0.717, 1.165) is 23.0 Å². The minimum absolute atomic E-state index is 0.0158. The monoisotopic (exact) mass is 690 g/mol. The molecule has 1 N–H and O–H groups in total. The first-order valence-electron chi connectivity index (χ1n) is 17.9. The van der Waals surface area contributed by atoms with E-state index in [9.17, 15) is 5.11 Å². The van der Waals surface area contributed by atoms with E-state index in [-0.39, 0.29) is 18.4 Å². The van der Waals surface area contributed by atoms with Crippen LogP contribution in [0.3, 0.4) is 0 Å². The van der Waals surface area contributed by atoms with Crippen LogP contribution in [0, 0.1) is 5.92 Å². The molecule has 0 fully saturated rings. The van der Waals surface area contributed by atoms with Crippen LogP contribution in [0.5, 0.6) is 11.5 Å².